The van der Waals surface area contributed by atoms with Crippen LogP contribution in [0, 0.1) is 5.82 Å². The number of benzene rings is 1. The van der Waals surface area contributed by atoms with Crippen molar-refractivity contribution in [3.05, 3.63) is 58.0 Å². The Morgan fingerprint density at radius 1 is 1.14 bits per heavy atom. The molecule has 1 unspecified atom stereocenters. The third kappa shape index (κ3) is 5.60. The van der Waals surface area contributed by atoms with Crippen LogP contribution in [0.2, 0.25) is 0 Å². The molecule has 1 N–H and O–H groups in total. The molecule has 0 aliphatic rings. The fraction of sp³-hybridized carbons (Fsp3) is 0.444. The van der Waals surface area contributed by atoms with Crippen molar-refractivity contribution in [2.75, 3.05) is 6.54 Å². The van der Waals surface area contributed by atoms with Gasteiger partial charge in [-0.1, -0.05) is 12.1 Å². The van der Waals surface area contributed by atoms with E-state index in [-0.39, 0.29) is 11.4 Å². The standard InChI is InChI=1S/C18H24FNS/c1-18(2,3)20-12-16(5-4-14-10-11-21-13-14)15-6-8-17(19)9-7-15/h6-11,13,16,20H,4-5,12H2,1-3H3. The highest BCUT2D eigenvalue weighted by Crippen LogP contribution is 2.23. The van der Waals surface area contributed by atoms with E-state index in [0.29, 0.717) is 5.92 Å². The second-order valence-corrected chi connectivity index (χ2v) is 7.33. The Labute approximate surface area is 131 Å². The van der Waals surface area contributed by atoms with E-state index in [1.807, 2.05) is 12.1 Å². The minimum Gasteiger partial charge on any atom is -0.311 e. The molecule has 0 fully saturated rings. The molecular weight excluding hydrogens is 281 g/mol. The second kappa shape index (κ2) is 7.19. The zero-order valence-electron chi connectivity index (χ0n) is 13.0. The zero-order valence-corrected chi connectivity index (χ0v) is 13.8. The summed E-state index contributed by atoms with van der Waals surface area (Å²) < 4.78 is 13.1. The molecule has 0 aliphatic carbocycles. The molecule has 0 saturated carbocycles. The number of thiophene rings is 1. The SMILES string of the molecule is CC(C)(C)NCC(CCc1ccsc1)c1ccc(F)cc1. The Morgan fingerprint density at radius 2 is 1.86 bits per heavy atom. The Hall–Kier alpha value is -1.19. The van der Waals surface area contributed by atoms with Gasteiger partial charge in [-0.05, 0) is 79.6 Å². The lowest BCUT2D eigenvalue weighted by molar-refractivity contribution is 0.399. The highest BCUT2D eigenvalue weighted by molar-refractivity contribution is 7.07. The van der Waals surface area contributed by atoms with E-state index in [0.717, 1.165) is 19.4 Å². The van der Waals surface area contributed by atoms with Crippen LogP contribution in [-0.4, -0.2) is 12.1 Å². The van der Waals surface area contributed by atoms with E-state index in [4.69, 9.17) is 0 Å². The van der Waals surface area contributed by atoms with Crippen LogP contribution in [0.3, 0.4) is 0 Å². The van der Waals surface area contributed by atoms with Gasteiger partial charge in [-0.3, -0.25) is 0 Å². The van der Waals surface area contributed by atoms with Gasteiger partial charge >= 0.3 is 0 Å². The number of aryl methyl sites for hydroxylation is 1. The Bertz CT molecular complexity index is 525. The predicted octanol–water partition coefficient (Wildman–Crippen LogP) is 4.99. The highest BCUT2D eigenvalue weighted by atomic mass is 32.1. The number of nitrogens with one attached hydrogen (secondary N) is 1. The summed E-state index contributed by atoms with van der Waals surface area (Å²) in [6.45, 7) is 7.44. The first-order valence-corrected chi connectivity index (χ1v) is 8.40. The molecule has 1 nitrogen and oxygen atoms in total. The summed E-state index contributed by atoms with van der Waals surface area (Å²) in [5.74, 6) is 0.240. The molecule has 0 saturated heterocycles. The van der Waals surface area contributed by atoms with Crippen molar-refractivity contribution >= 4 is 11.3 Å². The summed E-state index contributed by atoms with van der Waals surface area (Å²) >= 11 is 1.74. The number of hydrogen-bond donors (Lipinski definition) is 1. The largest absolute Gasteiger partial charge is 0.311 e. The van der Waals surface area contributed by atoms with Gasteiger partial charge in [-0.25, -0.2) is 4.39 Å². The van der Waals surface area contributed by atoms with Gasteiger partial charge in [0.25, 0.3) is 0 Å². The second-order valence-electron chi connectivity index (χ2n) is 6.55. The maximum atomic E-state index is 13.1. The minimum absolute atomic E-state index is 0.0979. The predicted molar refractivity (Wildman–Crippen MR) is 89.5 cm³/mol. The van der Waals surface area contributed by atoms with Crippen LogP contribution in [0.25, 0.3) is 0 Å². The molecule has 1 aromatic heterocycles. The molecule has 0 aliphatic heterocycles. The van der Waals surface area contributed by atoms with Crippen molar-refractivity contribution in [1.29, 1.82) is 0 Å². The maximum Gasteiger partial charge on any atom is 0.123 e. The molecule has 114 valence electrons. The van der Waals surface area contributed by atoms with Gasteiger partial charge in [0, 0.05) is 12.1 Å². The van der Waals surface area contributed by atoms with Crippen LogP contribution in [0.15, 0.2) is 41.1 Å². The average Bonchev–Trinajstić information content (AvgIpc) is 2.92. The van der Waals surface area contributed by atoms with Crippen LogP contribution in [0.4, 0.5) is 4.39 Å². The molecule has 0 spiro atoms. The summed E-state index contributed by atoms with van der Waals surface area (Å²) in [6, 6.07) is 9.13. The monoisotopic (exact) mass is 305 g/mol. The first-order chi connectivity index (χ1) is 9.94. The fourth-order valence-electron chi connectivity index (χ4n) is 2.33. The number of halogens is 1. The third-order valence-corrected chi connectivity index (χ3v) is 4.31. The van der Waals surface area contributed by atoms with E-state index in [9.17, 15) is 4.39 Å². The molecule has 2 aromatic rings. The molecule has 0 radical (unpaired) electrons. The van der Waals surface area contributed by atoms with E-state index >= 15 is 0 Å². The van der Waals surface area contributed by atoms with Crippen molar-refractivity contribution in [3.63, 3.8) is 0 Å². The number of rotatable bonds is 6. The molecule has 2 rings (SSSR count). The van der Waals surface area contributed by atoms with Gasteiger partial charge < -0.3 is 5.32 Å². The van der Waals surface area contributed by atoms with Gasteiger partial charge in [0.15, 0.2) is 0 Å². The molecular formula is C18H24FNS. The molecule has 3 heteroatoms. The normalized spacial score (nSPS) is 13.3. The van der Waals surface area contributed by atoms with Gasteiger partial charge in [0.05, 0.1) is 0 Å². The summed E-state index contributed by atoms with van der Waals surface area (Å²) in [5.41, 5.74) is 2.70. The van der Waals surface area contributed by atoms with Crippen molar-refractivity contribution in [1.82, 2.24) is 5.32 Å². The van der Waals surface area contributed by atoms with E-state index in [2.05, 4.69) is 42.9 Å². The molecule has 1 atom stereocenters. The highest BCUT2D eigenvalue weighted by Gasteiger charge is 2.16. The van der Waals surface area contributed by atoms with Crippen LogP contribution in [0.1, 0.15) is 44.2 Å². The smallest absolute Gasteiger partial charge is 0.123 e. The van der Waals surface area contributed by atoms with Crippen molar-refractivity contribution in [3.8, 4) is 0 Å². The zero-order chi connectivity index (χ0) is 15.3. The topological polar surface area (TPSA) is 12.0 Å². The van der Waals surface area contributed by atoms with Gasteiger partial charge in [-0.2, -0.15) is 11.3 Å². The summed E-state index contributed by atoms with van der Waals surface area (Å²) in [7, 11) is 0. The van der Waals surface area contributed by atoms with Crippen molar-refractivity contribution < 1.29 is 4.39 Å². The molecule has 1 heterocycles. The lowest BCUT2D eigenvalue weighted by Gasteiger charge is -2.25. The van der Waals surface area contributed by atoms with Crippen LogP contribution >= 0.6 is 11.3 Å². The average molecular weight is 305 g/mol. The van der Waals surface area contributed by atoms with Crippen LogP contribution in [0.5, 0.6) is 0 Å². The molecule has 0 bridgehead atoms. The van der Waals surface area contributed by atoms with Gasteiger partial charge in [0.2, 0.25) is 0 Å². The first kappa shape index (κ1) is 16.2. The molecule has 1 aromatic carbocycles. The van der Waals surface area contributed by atoms with Crippen molar-refractivity contribution in [2.24, 2.45) is 0 Å². The lowest BCUT2D eigenvalue weighted by Crippen LogP contribution is -2.38. The first-order valence-electron chi connectivity index (χ1n) is 7.45. The van der Waals surface area contributed by atoms with Gasteiger partial charge in [-0.15, -0.1) is 0 Å². The van der Waals surface area contributed by atoms with E-state index < -0.39 is 0 Å². The molecule has 0 amide bonds. The van der Waals surface area contributed by atoms with Crippen LogP contribution in [-0.2, 0) is 6.42 Å². The van der Waals surface area contributed by atoms with E-state index in [1.165, 1.54) is 11.1 Å². The summed E-state index contributed by atoms with van der Waals surface area (Å²) in [5, 5.41) is 7.90. The number of hydrogen-bond acceptors (Lipinski definition) is 2. The van der Waals surface area contributed by atoms with Gasteiger partial charge in [0.1, 0.15) is 5.82 Å². The fourth-order valence-corrected chi connectivity index (χ4v) is 3.03. The quantitative estimate of drug-likeness (QED) is 0.792. The van der Waals surface area contributed by atoms with E-state index in [1.54, 1.807) is 23.5 Å². The third-order valence-electron chi connectivity index (χ3n) is 3.58. The minimum atomic E-state index is -0.167. The Morgan fingerprint density at radius 3 is 2.43 bits per heavy atom. The van der Waals surface area contributed by atoms with Crippen LogP contribution < -0.4 is 5.32 Å². The Balaban J connectivity index is 2.03. The maximum absolute atomic E-state index is 13.1. The lowest BCUT2D eigenvalue weighted by atomic mass is 9.92. The summed E-state index contributed by atoms with van der Waals surface area (Å²) in [4.78, 5) is 0. The van der Waals surface area contributed by atoms with Crippen molar-refractivity contribution in [2.45, 2.75) is 45.1 Å². The summed E-state index contributed by atoms with van der Waals surface area (Å²) in [6.07, 6.45) is 2.14. The molecule has 21 heavy (non-hydrogen) atoms. The Kier molecular flexibility index (Phi) is 5.54.